The largest absolute Gasteiger partial charge is 0.393 e. The molecule has 2 aliphatic rings. The Morgan fingerprint density at radius 2 is 1.67 bits per heavy atom. The molecule has 0 amide bonds. The van der Waals surface area contributed by atoms with Crippen LogP contribution in [-0.4, -0.2) is 37.4 Å². The van der Waals surface area contributed by atoms with Gasteiger partial charge in [-0.05, 0) is 89.4 Å². The SMILES string of the molecule is OC1CCC(CNCCCC2CCNCC2)CC1. The van der Waals surface area contributed by atoms with Gasteiger partial charge in [0.15, 0.2) is 0 Å². The van der Waals surface area contributed by atoms with Gasteiger partial charge >= 0.3 is 0 Å². The first-order valence-electron chi connectivity index (χ1n) is 7.94. The molecule has 1 aliphatic heterocycles. The van der Waals surface area contributed by atoms with Crippen LogP contribution in [0.1, 0.15) is 51.4 Å². The van der Waals surface area contributed by atoms with Crippen molar-refractivity contribution >= 4 is 0 Å². The maximum absolute atomic E-state index is 9.46. The Morgan fingerprint density at radius 3 is 2.39 bits per heavy atom. The second kappa shape index (κ2) is 8.13. The zero-order valence-corrected chi connectivity index (χ0v) is 11.7. The van der Waals surface area contributed by atoms with E-state index in [1.54, 1.807) is 0 Å². The van der Waals surface area contributed by atoms with Crippen molar-refractivity contribution in [1.82, 2.24) is 10.6 Å². The van der Waals surface area contributed by atoms with Crippen LogP contribution in [0.25, 0.3) is 0 Å². The fourth-order valence-electron chi connectivity index (χ4n) is 3.34. The van der Waals surface area contributed by atoms with Crippen molar-refractivity contribution in [2.75, 3.05) is 26.2 Å². The predicted molar refractivity (Wildman–Crippen MR) is 75.7 cm³/mol. The summed E-state index contributed by atoms with van der Waals surface area (Å²) in [6.45, 7) is 4.80. The first-order chi connectivity index (χ1) is 8.84. The fraction of sp³-hybridized carbons (Fsp3) is 1.00. The summed E-state index contributed by atoms with van der Waals surface area (Å²) in [7, 11) is 0. The van der Waals surface area contributed by atoms with Gasteiger partial charge in [0.05, 0.1) is 6.10 Å². The number of nitrogens with one attached hydrogen (secondary N) is 2. The van der Waals surface area contributed by atoms with E-state index < -0.39 is 0 Å². The summed E-state index contributed by atoms with van der Waals surface area (Å²) in [4.78, 5) is 0. The lowest BCUT2D eigenvalue weighted by Crippen LogP contribution is -2.30. The van der Waals surface area contributed by atoms with Gasteiger partial charge in [0.1, 0.15) is 0 Å². The second-order valence-electron chi connectivity index (χ2n) is 6.21. The highest BCUT2D eigenvalue weighted by Gasteiger charge is 2.18. The molecule has 0 aromatic rings. The van der Waals surface area contributed by atoms with Crippen LogP contribution in [0.3, 0.4) is 0 Å². The van der Waals surface area contributed by atoms with Crippen molar-refractivity contribution in [1.29, 1.82) is 0 Å². The number of hydrogen-bond donors (Lipinski definition) is 3. The van der Waals surface area contributed by atoms with Crippen LogP contribution in [0.2, 0.25) is 0 Å². The van der Waals surface area contributed by atoms with Crippen molar-refractivity contribution in [3.05, 3.63) is 0 Å². The predicted octanol–water partition coefficient (Wildman–Crippen LogP) is 1.91. The molecule has 18 heavy (non-hydrogen) atoms. The van der Waals surface area contributed by atoms with E-state index in [9.17, 15) is 5.11 Å². The normalized spacial score (nSPS) is 30.5. The lowest BCUT2D eigenvalue weighted by atomic mass is 9.87. The van der Waals surface area contributed by atoms with Crippen molar-refractivity contribution in [2.24, 2.45) is 11.8 Å². The summed E-state index contributed by atoms with van der Waals surface area (Å²) in [5, 5.41) is 16.5. The van der Waals surface area contributed by atoms with Crippen LogP contribution in [0.4, 0.5) is 0 Å². The molecular weight excluding hydrogens is 224 g/mol. The molecule has 1 aliphatic carbocycles. The molecule has 0 spiro atoms. The first-order valence-corrected chi connectivity index (χ1v) is 7.94. The van der Waals surface area contributed by atoms with Crippen LogP contribution in [-0.2, 0) is 0 Å². The van der Waals surface area contributed by atoms with E-state index in [2.05, 4.69) is 10.6 Å². The lowest BCUT2D eigenvalue weighted by molar-refractivity contribution is 0.108. The Kier molecular flexibility index (Phi) is 6.46. The van der Waals surface area contributed by atoms with E-state index in [1.807, 2.05) is 0 Å². The molecule has 3 heteroatoms. The molecule has 3 nitrogen and oxygen atoms in total. The smallest absolute Gasteiger partial charge is 0.0540 e. The minimum atomic E-state index is -0.0128. The first kappa shape index (κ1) is 14.3. The summed E-state index contributed by atoms with van der Waals surface area (Å²) < 4.78 is 0. The van der Waals surface area contributed by atoms with E-state index >= 15 is 0 Å². The number of rotatable bonds is 6. The molecule has 1 heterocycles. The number of piperidine rings is 1. The van der Waals surface area contributed by atoms with Gasteiger partial charge in [-0.25, -0.2) is 0 Å². The van der Waals surface area contributed by atoms with E-state index in [-0.39, 0.29) is 6.10 Å². The average Bonchev–Trinajstić information content (AvgIpc) is 2.42. The molecule has 2 fully saturated rings. The number of aliphatic hydroxyl groups is 1. The Hall–Kier alpha value is -0.120. The zero-order valence-electron chi connectivity index (χ0n) is 11.7. The highest BCUT2D eigenvalue weighted by Crippen LogP contribution is 2.23. The molecule has 106 valence electrons. The number of hydrogen-bond acceptors (Lipinski definition) is 3. The van der Waals surface area contributed by atoms with Gasteiger partial charge in [0.25, 0.3) is 0 Å². The monoisotopic (exact) mass is 254 g/mol. The van der Waals surface area contributed by atoms with Crippen molar-refractivity contribution in [3.63, 3.8) is 0 Å². The summed E-state index contributed by atoms with van der Waals surface area (Å²) >= 11 is 0. The van der Waals surface area contributed by atoms with Crippen molar-refractivity contribution in [2.45, 2.75) is 57.5 Å². The third kappa shape index (κ3) is 5.25. The van der Waals surface area contributed by atoms with Crippen LogP contribution in [0.5, 0.6) is 0 Å². The van der Waals surface area contributed by atoms with Crippen LogP contribution in [0.15, 0.2) is 0 Å². The Labute approximate surface area is 112 Å². The van der Waals surface area contributed by atoms with Gasteiger partial charge in [0.2, 0.25) is 0 Å². The summed E-state index contributed by atoms with van der Waals surface area (Å²) in [6.07, 6.45) is 9.92. The molecule has 3 N–H and O–H groups in total. The molecule has 0 radical (unpaired) electrons. The molecule has 0 aromatic heterocycles. The molecular formula is C15H30N2O. The van der Waals surface area contributed by atoms with Gasteiger partial charge < -0.3 is 15.7 Å². The Morgan fingerprint density at radius 1 is 0.944 bits per heavy atom. The van der Waals surface area contributed by atoms with Crippen LogP contribution < -0.4 is 10.6 Å². The van der Waals surface area contributed by atoms with E-state index in [4.69, 9.17) is 0 Å². The van der Waals surface area contributed by atoms with Gasteiger partial charge in [-0.15, -0.1) is 0 Å². The van der Waals surface area contributed by atoms with Gasteiger partial charge in [-0.2, -0.15) is 0 Å². The van der Waals surface area contributed by atoms with Gasteiger partial charge in [-0.3, -0.25) is 0 Å². The highest BCUT2D eigenvalue weighted by atomic mass is 16.3. The molecule has 0 bridgehead atoms. The minimum Gasteiger partial charge on any atom is -0.393 e. The second-order valence-corrected chi connectivity index (χ2v) is 6.21. The third-order valence-corrected chi connectivity index (χ3v) is 4.67. The molecule has 1 saturated heterocycles. The number of aliphatic hydroxyl groups excluding tert-OH is 1. The molecule has 1 saturated carbocycles. The molecule has 0 atom stereocenters. The highest BCUT2D eigenvalue weighted by molar-refractivity contribution is 4.73. The Balaban J connectivity index is 1.43. The minimum absolute atomic E-state index is 0.0128. The van der Waals surface area contributed by atoms with Crippen molar-refractivity contribution < 1.29 is 5.11 Å². The zero-order chi connectivity index (χ0) is 12.6. The fourth-order valence-corrected chi connectivity index (χ4v) is 3.34. The topological polar surface area (TPSA) is 44.3 Å². The maximum atomic E-state index is 9.46. The standard InChI is InChI=1S/C15H30N2O/c18-15-5-3-14(4-6-15)12-17-9-1-2-13-7-10-16-11-8-13/h13-18H,1-12H2. The van der Waals surface area contributed by atoms with Gasteiger partial charge in [-0.1, -0.05) is 0 Å². The maximum Gasteiger partial charge on any atom is 0.0540 e. The lowest BCUT2D eigenvalue weighted by Gasteiger charge is -2.26. The van der Waals surface area contributed by atoms with Crippen molar-refractivity contribution in [3.8, 4) is 0 Å². The van der Waals surface area contributed by atoms with E-state index in [1.165, 1.54) is 64.7 Å². The Bertz CT molecular complexity index is 209. The summed E-state index contributed by atoms with van der Waals surface area (Å²) in [5.41, 5.74) is 0. The van der Waals surface area contributed by atoms with Crippen LogP contribution >= 0.6 is 0 Å². The van der Waals surface area contributed by atoms with Crippen LogP contribution in [0, 0.1) is 11.8 Å². The molecule has 2 rings (SSSR count). The van der Waals surface area contributed by atoms with E-state index in [0.717, 1.165) is 24.7 Å². The van der Waals surface area contributed by atoms with E-state index in [0.29, 0.717) is 0 Å². The molecule has 0 unspecified atom stereocenters. The quantitative estimate of drug-likeness (QED) is 0.634. The average molecular weight is 254 g/mol. The molecule has 0 aromatic carbocycles. The van der Waals surface area contributed by atoms with Gasteiger partial charge in [0, 0.05) is 0 Å². The summed E-state index contributed by atoms with van der Waals surface area (Å²) in [6, 6.07) is 0. The summed E-state index contributed by atoms with van der Waals surface area (Å²) in [5.74, 6) is 1.78. The third-order valence-electron chi connectivity index (χ3n) is 4.67.